The fraction of sp³-hybridized carbons (Fsp3) is 0.462. The first-order chi connectivity index (χ1) is 14.5. The van der Waals surface area contributed by atoms with Gasteiger partial charge in [-0.05, 0) is 65.7 Å². The SMILES string of the molecule is Cc1ccc(CN(C(=O)CCCOc2ccc(C)cc2)[C@H](C)C(=O)NC(C)(C)C)cc1. The molecule has 0 aliphatic heterocycles. The molecule has 2 aromatic rings. The minimum atomic E-state index is -0.564. The number of hydrogen-bond donors (Lipinski definition) is 1. The average Bonchev–Trinajstić information content (AvgIpc) is 2.70. The number of benzene rings is 2. The number of amides is 2. The van der Waals surface area contributed by atoms with E-state index in [-0.39, 0.29) is 17.4 Å². The summed E-state index contributed by atoms with van der Waals surface area (Å²) in [6.07, 6.45) is 0.912. The van der Waals surface area contributed by atoms with Gasteiger partial charge < -0.3 is 15.0 Å². The fourth-order valence-corrected chi connectivity index (χ4v) is 3.14. The Bertz CT molecular complexity index is 852. The minimum absolute atomic E-state index is 0.0513. The van der Waals surface area contributed by atoms with Crippen LogP contribution in [0.15, 0.2) is 48.5 Å². The van der Waals surface area contributed by atoms with Crippen molar-refractivity contribution in [2.24, 2.45) is 0 Å². The summed E-state index contributed by atoms with van der Waals surface area (Å²) in [5.74, 6) is 0.598. The quantitative estimate of drug-likeness (QED) is 0.589. The van der Waals surface area contributed by atoms with E-state index >= 15 is 0 Å². The van der Waals surface area contributed by atoms with Gasteiger partial charge in [0.05, 0.1) is 6.61 Å². The molecule has 0 radical (unpaired) electrons. The first-order valence-corrected chi connectivity index (χ1v) is 10.9. The molecule has 2 rings (SSSR count). The smallest absolute Gasteiger partial charge is 0.242 e. The Kier molecular flexibility index (Phi) is 8.66. The van der Waals surface area contributed by atoms with Gasteiger partial charge in [-0.3, -0.25) is 9.59 Å². The second-order valence-corrected chi connectivity index (χ2v) is 9.19. The van der Waals surface area contributed by atoms with Crippen LogP contribution in [-0.2, 0) is 16.1 Å². The van der Waals surface area contributed by atoms with Gasteiger partial charge in [0.25, 0.3) is 0 Å². The topological polar surface area (TPSA) is 58.6 Å². The van der Waals surface area contributed by atoms with Crippen LogP contribution in [0.3, 0.4) is 0 Å². The average molecular weight is 425 g/mol. The second kappa shape index (κ2) is 11.0. The lowest BCUT2D eigenvalue weighted by Crippen LogP contribution is -2.52. The molecule has 0 aromatic heterocycles. The Morgan fingerprint density at radius 2 is 1.52 bits per heavy atom. The third-order valence-corrected chi connectivity index (χ3v) is 4.96. The monoisotopic (exact) mass is 424 g/mol. The summed E-state index contributed by atoms with van der Waals surface area (Å²) < 4.78 is 5.75. The van der Waals surface area contributed by atoms with E-state index < -0.39 is 6.04 Å². The molecule has 168 valence electrons. The van der Waals surface area contributed by atoms with Gasteiger partial charge in [0.1, 0.15) is 11.8 Å². The van der Waals surface area contributed by atoms with Gasteiger partial charge >= 0.3 is 0 Å². The number of ether oxygens (including phenoxy) is 1. The summed E-state index contributed by atoms with van der Waals surface area (Å²) in [5, 5.41) is 2.98. The van der Waals surface area contributed by atoms with Crippen molar-refractivity contribution in [2.75, 3.05) is 6.61 Å². The molecule has 2 amide bonds. The van der Waals surface area contributed by atoms with Crippen LogP contribution < -0.4 is 10.1 Å². The molecule has 0 saturated heterocycles. The number of aryl methyl sites for hydroxylation is 2. The molecule has 0 aliphatic rings. The number of carbonyl (C=O) groups excluding carboxylic acids is 2. The number of nitrogens with zero attached hydrogens (tertiary/aromatic N) is 1. The maximum Gasteiger partial charge on any atom is 0.242 e. The molecule has 0 saturated carbocycles. The van der Waals surface area contributed by atoms with Gasteiger partial charge in [-0.25, -0.2) is 0 Å². The van der Waals surface area contributed by atoms with Gasteiger partial charge in [0.2, 0.25) is 11.8 Å². The second-order valence-electron chi connectivity index (χ2n) is 9.19. The van der Waals surface area contributed by atoms with Crippen LogP contribution in [0.25, 0.3) is 0 Å². The molecule has 0 bridgehead atoms. The standard InChI is InChI=1S/C26H36N2O3/c1-19-9-13-22(14-10-19)18-28(21(3)25(30)27-26(4,5)6)24(29)8-7-17-31-23-15-11-20(2)12-16-23/h9-16,21H,7-8,17-18H2,1-6H3,(H,27,30)/t21-/m1/s1. The van der Waals surface area contributed by atoms with Gasteiger partial charge in [-0.2, -0.15) is 0 Å². The van der Waals surface area contributed by atoms with Crippen molar-refractivity contribution in [1.82, 2.24) is 10.2 Å². The van der Waals surface area contributed by atoms with Crippen LogP contribution in [0.4, 0.5) is 0 Å². The number of hydrogen-bond acceptors (Lipinski definition) is 3. The Hall–Kier alpha value is -2.82. The number of nitrogens with one attached hydrogen (secondary N) is 1. The Morgan fingerprint density at radius 3 is 2.06 bits per heavy atom. The van der Waals surface area contributed by atoms with Crippen LogP contribution in [0.1, 0.15) is 57.2 Å². The Morgan fingerprint density at radius 1 is 0.968 bits per heavy atom. The lowest BCUT2D eigenvalue weighted by Gasteiger charge is -2.31. The molecule has 1 atom stereocenters. The van der Waals surface area contributed by atoms with E-state index in [2.05, 4.69) is 5.32 Å². The third kappa shape index (κ3) is 8.44. The zero-order valence-electron chi connectivity index (χ0n) is 19.7. The molecule has 5 nitrogen and oxygen atoms in total. The van der Waals surface area contributed by atoms with Crippen LogP contribution in [0, 0.1) is 13.8 Å². The van der Waals surface area contributed by atoms with Crippen molar-refractivity contribution in [3.05, 3.63) is 65.2 Å². The van der Waals surface area contributed by atoms with Crippen LogP contribution >= 0.6 is 0 Å². The first-order valence-electron chi connectivity index (χ1n) is 10.9. The van der Waals surface area contributed by atoms with Crippen molar-refractivity contribution >= 4 is 11.8 Å². The maximum atomic E-state index is 13.1. The molecule has 0 aliphatic carbocycles. The molecule has 2 aromatic carbocycles. The largest absolute Gasteiger partial charge is 0.494 e. The number of carbonyl (C=O) groups is 2. The fourth-order valence-electron chi connectivity index (χ4n) is 3.14. The van der Waals surface area contributed by atoms with Gasteiger partial charge in [0, 0.05) is 18.5 Å². The zero-order chi connectivity index (χ0) is 23.0. The minimum Gasteiger partial charge on any atom is -0.494 e. The van der Waals surface area contributed by atoms with Crippen molar-refractivity contribution in [3.8, 4) is 5.75 Å². The van der Waals surface area contributed by atoms with Crippen LogP contribution in [-0.4, -0.2) is 34.9 Å². The highest BCUT2D eigenvalue weighted by molar-refractivity contribution is 5.87. The van der Waals surface area contributed by atoms with Crippen molar-refractivity contribution in [1.29, 1.82) is 0 Å². The van der Waals surface area contributed by atoms with Crippen LogP contribution in [0.2, 0.25) is 0 Å². The maximum absolute atomic E-state index is 13.1. The molecule has 31 heavy (non-hydrogen) atoms. The van der Waals surface area contributed by atoms with Gasteiger partial charge in [-0.15, -0.1) is 0 Å². The molecule has 0 fully saturated rings. The van der Waals surface area contributed by atoms with E-state index in [9.17, 15) is 9.59 Å². The summed E-state index contributed by atoms with van der Waals surface area (Å²) in [4.78, 5) is 27.5. The highest BCUT2D eigenvalue weighted by Gasteiger charge is 2.28. The van der Waals surface area contributed by atoms with E-state index in [0.717, 1.165) is 16.9 Å². The lowest BCUT2D eigenvalue weighted by molar-refractivity contribution is -0.141. The highest BCUT2D eigenvalue weighted by Crippen LogP contribution is 2.15. The number of rotatable bonds is 9. The summed E-state index contributed by atoms with van der Waals surface area (Å²) >= 11 is 0. The van der Waals surface area contributed by atoms with Gasteiger partial charge in [0.15, 0.2) is 0 Å². The van der Waals surface area contributed by atoms with E-state index in [4.69, 9.17) is 4.74 Å². The van der Waals surface area contributed by atoms with Crippen LogP contribution in [0.5, 0.6) is 5.75 Å². The summed E-state index contributed by atoms with van der Waals surface area (Å²) in [7, 11) is 0. The third-order valence-electron chi connectivity index (χ3n) is 4.96. The van der Waals surface area contributed by atoms with E-state index in [1.165, 1.54) is 5.56 Å². The Labute approximate surface area is 186 Å². The lowest BCUT2D eigenvalue weighted by atomic mass is 10.1. The van der Waals surface area contributed by atoms with E-state index in [1.807, 2.05) is 83.1 Å². The van der Waals surface area contributed by atoms with Crippen molar-refractivity contribution in [3.63, 3.8) is 0 Å². The predicted octanol–water partition coefficient (Wildman–Crippen LogP) is 4.79. The van der Waals surface area contributed by atoms with Gasteiger partial charge in [-0.1, -0.05) is 47.5 Å². The molecular formula is C26H36N2O3. The zero-order valence-corrected chi connectivity index (χ0v) is 19.7. The van der Waals surface area contributed by atoms with E-state index in [1.54, 1.807) is 11.8 Å². The van der Waals surface area contributed by atoms with E-state index in [0.29, 0.717) is 26.0 Å². The molecule has 0 unspecified atom stereocenters. The predicted molar refractivity (Wildman–Crippen MR) is 125 cm³/mol. The molecule has 0 heterocycles. The summed E-state index contributed by atoms with van der Waals surface area (Å²) in [6, 6.07) is 15.3. The van der Waals surface area contributed by atoms with Crippen molar-refractivity contribution in [2.45, 2.75) is 72.5 Å². The normalized spacial score (nSPS) is 12.2. The molecule has 1 N–H and O–H groups in total. The van der Waals surface area contributed by atoms with Crippen molar-refractivity contribution < 1.29 is 14.3 Å². The first kappa shape index (κ1) is 24.4. The molecule has 0 spiro atoms. The molecular weight excluding hydrogens is 388 g/mol. The highest BCUT2D eigenvalue weighted by atomic mass is 16.5. The molecule has 5 heteroatoms. The summed E-state index contributed by atoms with van der Waals surface area (Å²) in [5.41, 5.74) is 2.99. The Balaban J connectivity index is 2.01. The summed E-state index contributed by atoms with van der Waals surface area (Å²) in [6.45, 7) is 12.5.